The van der Waals surface area contributed by atoms with Gasteiger partial charge >= 0.3 is 6.01 Å². The van der Waals surface area contributed by atoms with Gasteiger partial charge in [0.2, 0.25) is 18.1 Å². The van der Waals surface area contributed by atoms with Crippen LogP contribution in [0.2, 0.25) is 0 Å². The number of aromatic nitrogens is 5. The second-order valence-electron chi connectivity index (χ2n) is 5.78. The maximum atomic E-state index is 13.0. The lowest BCUT2D eigenvalue weighted by Gasteiger charge is -2.11. The van der Waals surface area contributed by atoms with Gasteiger partial charge < -0.3 is 9.47 Å². The molecule has 0 radical (unpaired) electrons. The van der Waals surface area contributed by atoms with Crippen molar-refractivity contribution in [1.82, 2.24) is 24.3 Å². The van der Waals surface area contributed by atoms with Crippen molar-refractivity contribution in [3.63, 3.8) is 0 Å². The predicted molar refractivity (Wildman–Crippen MR) is 84.0 cm³/mol. The van der Waals surface area contributed by atoms with Crippen molar-refractivity contribution in [3.05, 3.63) is 30.4 Å². The first-order chi connectivity index (χ1) is 12.1. The van der Waals surface area contributed by atoms with E-state index in [1.165, 1.54) is 20.4 Å². The third kappa shape index (κ3) is 2.65. The van der Waals surface area contributed by atoms with Gasteiger partial charge in [0.15, 0.2) is 0 Å². The minimum absolute atomic E-state index is 0.169. The molecule has 0 aliphatic heterocycles. The molecule has 0 saturated heterocycles. The van der Waals surface area contributed by atoms with Gasteiger partial charge in [-0.15, -0.1) is 0 Å². The van der Waals surface area contributed by atoms with Gasteiger partial charge in [-0.3, -0.25) is 4.40 Å². The van der Waals surface area contributed by atoms with E-state index < -0.39 is 12.3 Å². The molecule has 3 aromatic rings. The summed E-state index contributed by atoms with van der Waals surface area (Å²) in [5.74, 6) is -0.119. The number of fused-ring (bicyclic) bond motifs is 1. The molecule has 25 heavy (non-hydrogen) atoms. The van der Waals surface area contributed by atoms with Crippen LogP contribution in [-0.2, 0) is 0 Å². The third-order valence-electron chi connectivity index (χ3n) is 4.33. The Hall–Kier alpha value is -2.84. The lowest BCUT2D eigenvalue weighted by atomic mass is 10.1. The lowest BCUT2D eigenvalue weighted by molar-refractivity contribution is 0.120. The number of hydrogen-bond donors (Lipinski definition) is 0. The highest BCUT2D eigenvalue weighted by molar-refractivity contribution is 5.66. The molecule has 1 aliphatic carbocycles. The van der Waals surface area contributed by atoms with Crippen LogP contribution in [0.15, 0.2) is 24.7 Å². The summed E-state index contributed by atoms with van der Waals surface area (Å²) in [6, 6.07) is 1.94. The lowest BCUT2D eigenvalue weighted by Crippen LogP contribution is -2.04. The summed E-state index contributed by atoms with van der Waals surface area (Å²) in [4.78, 5) is 16.9. The molecule has 1 aliphatic rings. The molecule has 0 aromatic carbocycles. The normalized spacial score (nSPS) is 19.4. The van der Waals surface area contributed by atoms with Crippen molar-refractivity contribution < 1.29 is 18.3 Å². The van der Waals surface area contributed by atoms with Gasteiger partial charge in [0.25, 0.3) is 0 Å². The van der Waals surface area contributed by atoms with Gasteiger partial charge in [-0.1, -0.05) is 0 Å². The Kier molecular flexibility index (Phi) is 3.70. The molecule has 0 spiro atoms. The van der Waals surface area contributed by atoms with Gasteiger partial charge in [0.1, 0.15) is 0 Å². The third-order valence-corrected chi connectivity index (χ3v) is 4.33. The first-order valence-electron chi connectivity index (χ1n) is 7.70. The van der Waals surface area contributed by atoms with Crippen molar-refractivity contribution in [2.75, 3.05) is 14.2 Å². The first-order valence-corrected chi connectivity index (χ1v) is 7.70. The molecule has 3 aromatic heterocycles. The maximum Gasteiger partial charge on any atom is 0.319 e. The Bertz CT molecular complexity index is 930. The van der Waals surface area contributed by atoms with Gasteiger partial charge in [-0.25, -0.2) is 23.7 Å². The number of hydrogen-bond acceptors (Lipinski definition) is 6. The minimum Gasteiger partial charge on any atom is -0.480 e. The first kappa shape index (κ1) is 15.7. The zero-order valence-electron chi connectivity index (χ0n) is 13.6. The summed E-state index contributed by atoms with van der Waals surface area (Å²) in [6.07, 6.45) is 2.97. The van der Waals surface area contributed by atoms with Crippen LogP contribution in [0.5, 0.6) is 11.9 Å². The molecule has 1 saturated carbocycles. The zero-order chi connectivity index (χ0) is 17.6. The van der Waals surface area contributed by atoms with Crippen LogP contribution in [0.1, 0.15) is 18.0 Å². The molecule has 0 N–H and O–H groups in total. The number of nitrogens with zero attached hydrogens (tertiary/aromatic N) is 5. The van der Waals surface area contributed by atoms with Crippen molar-refractivity contribution in [2.45, 2.75) is 18.8 Å². The number of halogens is 2. The van der Waals surface area contributed by atoms with E-state index in [0.717, 1.165) is 5.69 Å². The molecule has 0 bridgehead atoms. The Balaban J connectivity index is 1.84. The van der Waals surface area contributed by atoms with Crippen LogP contribution in [-0.4, -0.2) is 45.0 Å². The average Bonchev–Trinajstić information content (AvgIpc) is 3.30. The van der Waals surface area contributed by atoms with Crippen LogP contribution in [0.3, 0.4) is 0 Å². The van der Waals surface area contributed by atoms with Gasteiger partial charge in [0.05, 0.1) is 25.5 Å². The second-order valence-corrected chi connectivity index (χ2v) is 5.78. The Morgan fingerprint density at radius 1 is 1.20 bits per heavy atom. The van der Waals surface area contributed by atoms with E-state index in [2.05, 4.69) is 19.9 Å². The summed E-state index contributed by atoms with van der Waals surface area (Å²) in [7, 11) is 2.94. The standard InChI is InChI=1S/C16H15F2N5O2/c1-24-14-10(7-20-16(22-14)25-2)11-6-12(8-5-9(8)13(17)18)23-4-3-19-15(23)21-11/h3-4,6-9,13H,5H2,1-2H3/t8-,9-/m0/s1. The second kappa shape index (κ2) is 5.91. The highest BCUT2D eigenvalue weighted by atomic mass is 19.3. The van der Waals surface area contributed by atoms with E-state index in [0.29, 0.717) is 29.3 Å². The van der Waals surface area contributed by atoms with Gasteiger partial charge in [-0.05, 0) is 12.5 Å². The molecule has 4 rings (SSSR count). The van der Waals surface area contributed by atoms with Crippen molar-refractivity contribution in [2.24, 2.45) is 5.92 Å². The molecule has 3 heterocycles. The van der Waals surface area contributed by atoms with E-state index in [-0.39, 0.29) is 11.9 Å². The molecule has 0 amide bonds. The van der Waals surface area contributed by atoms with Gasteiger partial charge in [-0.2, -0.15) is 4.98 Å². The fourth-order valence-corrected chi connectivity index (χ4v) is 2.97. The van der Waals surface area contributed by atoms with Crippen LogP contribution in [0.25, 0.3) is 17.0 Å². The quantitative estimate of drug-likeness (QED) is 0.706. The maximum absolute atomic E-state index is 13.0. The predicted octanol–water partition coefficient (Wildman–Crippen LogP) is 2.57. The van der Waals surface area contributed by atoms with Crippen molar-refractivity contribution in [1.29, 1.82) is 0 Å². The zero-order valence-corrected chi connectivity index (χ0v) is 13.6. The molecule has 7 nitrogen and oxygen atoms in total. The summed E-state index contributed by atoms with van der Waals surface area (Å²) >= 11 is 0. The highest BCUT2D eigenvalue weighted by Crippen LogP contribution is 2.51. The number of rotatable bonds is 5. The molecular formula is C16H15F2N5O2. The smallest absolute Gasteiger partial charge is 0.319 e. The number of ether oxygens (including phenoxy) is 2. The Morgan fingerprint density at radius 3 is 2.72 bits per heavy atom. The van der Waals surface area contributed by atoms with E-state index in [1.54, 1.807) is 22.9 Å². The summed E-state index contributed by atoms with van der Waals surface area (Å²) in [5, 5.41) is 0. The fraction of sp³-hybridized carbons (Fsp3) is 0.375. The molecule has 2 atom stereocenters. The van der Waals surface area contributed by atoms with E-state index in [1.807, 2.05) is 0 Å². The molecule has 130 valence electrons. The fourth-order valence-electron chi connectivity index (χ4n) is 2.97. The number of methoxy groups -OCH3 is 2. The molecular weight excluding hydrogens is 332 g/mol. The highest BCUT2D eigenvalue weighted by Gasteiger charge is 2.46. The van der Waals surface area contributed by atoms with Crippen LogP contribution >= 0.6 is 0 Å². The van der Waals surface area contributed by atoms with Crippen LogP contribution in [0, 0.1) is 5.92 Å². The van der Waals surface area contributed by atoms with Crippen molar-refractivity contribution in [3.8, 4) is 23.1 Å². The summed E-state index contributed by atoms with van der Waals surface area (Å²) < 4.78 is 38.1. The van der Waals surface area contributed by atoms with Crippen LogP contribution < -0.4 is 9.47 Å². The van der Waals surface area contributed by atoms with Crippen LogP contribution in [0.4, 0.5) is 8.78 Å². The molecule has 1 fully saturated rings. The molecule has 0 unspecified atom stereocenters. The number of imidazole rings is 1. The summed E-state index contributed by atoms with van der Waals surface area (Å²) in [5.41, 5.74) is 1.82. The van der Waals surface area contributed by atoms with E-state index in [4.69, 9.17) is 9.47 Å². The SMILES string of the molecule is COc1ncc(-c2cc([C@H]3C[C@@H]3C(F)F)n3ccnc3n2)c(OC)n1. The largest absolute Gasteiger partial charge is 0.480 e. The minimum atomic E-state index is -2.33. The Morgan fingerprint density at radius 2 is 2.04 bits per heavy atom. The summed E-state index contributed by atoms with van der Waals surface area (Å²) in [6.45, 7) is 0. The van der Waals surface area contributed by atoms with E-state index in [9.17, 15) is 8.78 Å². The monoisotopic (exact) mass is 347 g/mol. The van der Waals surface area contributed by atoms with E-state index >= 15 is 0 Å². The Labute approximate surface area is 141 Å². The molecule has 9 heteroatoms. The van der Waals surface area contributed by atoms with Crippen molar-refractivity contribution >= 4 is 5.78 Å². The van der Waals surface area contributed by atoms with Gasteiger partial charge in [0, 0.05) is 36.1 Å². The average molecular weight is 347 g/mol. The number of alkyl halides is 2. The topological polar surface area (TPSA) is 74.4 Å².